The summed E-state index contributed by atoms with van der Waals surface area (Å²) in [6.07, 6.45) is -66.3. The summed E-state index contributed by atoms with van der Waals surface area (Å²) in [5.41, 5.74) is 0. The van der Waals surface area contributed by atoms with E-state index in [0.717, 1.165) is 20.8 Å². The largest absolute Gasteiger partial charge is 0.477 e. The molecule has 7 fully saturated rings. The zero-order chi connectivity index (χ0) is 67.6. The Balaban J connectivity index is 1.31. The number of hydrogen-bond donors (Lipinski definition) is 23. The Morgan fingerprint density at radius 3 is 1.44 bits per heavy atom. The Morgan fingerprint density at radius 2 is 0.912 bits per heavy atom. The van der Waals surface area contributed by atoms with Gasteiger partial charge in [-0.2, -0.15) is 0 Å². The second-order valence-electron chi connectivity index (χ2n) is 23.2. The maximum absolute atomic E-state index is 13.5. The molecule has 7 aliphatic rings. The summed E-state index contributed by atoms with van der Waals surface area (Å²) in [5, 5.41) is 225. The van der Waals surface area contributed by atoms with Crippen LogP contribution in [0.15, 0.2) is 0 Å². The van der Waals surface area contributed by atoms with Gasteiger partial charge in [-0.3, -0.25) is 14.4 Å². The van der Waals surface area contributed by atoms with Gasteiger partial charge in [-0.1, -0.05) is 0 Å². The first-order valence-corrected chi connectivity index (χ1v) is 29.0. The molecule has 91 heavy (non-hydrogen) atoms. The third kappa shape index (κ3) is 16.4. The number of aliphatic carboxylic acids is 1. The number of carbonyl (C=O) groups excluding carboxylic acids is 3. The molecule has 0 aromatic heterocycles. The van der Waals surface area contributed by atoms with E-state index in [4.69, 9.17) is 61.6 Å². The molecule has 0 aromatic rings. The average Bonchev–Trinajstić information content (AvgIpc) is 0.840. The van der Waals surface area contributed by atoms with Gasteiger partial charge < -0.3 is 180 Å². The molecule has 7 saturated heterocycles. The summed E-state index contributed by atoms with van der Waals surface area (Å²) in [4.78, 5) is 51.7. The molecular formula is C51H85N3O37. The number of carboxylic acid groups (broad SMARTS) is 1. The van der Waals surface area contributed by atoms with Crippen LogP contribution in [-0.2, 0) is 80.8 Å². The minimum absolute atomic E-state index is 0.845. The van der Waals surface area contributed by atoms with Crippen LogP contribution in [0.1, 0.15) is 41.0 Å². The number of nitrogens with one attached hydrogen (secondary N) is 3. The van der Waals surface area contributed by atoms with Gasteiger partial charge in [0.15, 0.2) is 37.7 Å². The molecule has 40 heteroatoms. The first kappa shape index (κ1) is 75.0. The Labute approximate surface area is 516 Å². The van der Waals surface area contributed by atoms with E-state index in [1.165, 1.54) is 13.8 Å². The Bertz CT molecular complexity index is 2380. The van der Waals surface area contributed by atoms with Gasteiger partial charge in [0, 0.05) is 27.2 Å². The number of carbonyl (C=O) groups is 4. The van der Waals surface area contributed by atoms with Gasteiger partial charge in [0.25, 0.3) is 5.79 Å². The number of aliphatic hydroxyl groups is 19. The number of rotatable bonds is 23. The van der Waals surface area contributed by atoms with Crippen molar-refractivity contribution in [1.82, 2.24) is 16.0 Å². The van der Waals surface area contributed by atoms with E-state index in [1.807, 2.05) is 0 Å². The van der Waals surface area contributed by atoms with Crippen molar-refractivity contribution in [3.05, 3.63) is 0 Å². The normalized spacial score (nSPS) is 48.0. The van der Waals surface area contributed by atoms with E-state index >= 15 is 0 Å². The Hall–Kier alpha value is -3.40. The van der Waals surface area contributed by atoms with E-state index in [-0.39, 0.29) is 0 Å². The van der Waals surface area contributed by atoms with Crippen molar-refractivity contribution in [1.29, 1.82) is 0 Å². The smallest absolute Gasteiger partial charge is 0.364 e. The van der Waals surface area contributed by atoms with Crippen LogP contribution < -0.4 is 16.0 Å². The quantitative estimate of drug-likeness (QED) is 0.0452. The predicted molar refractivity (Wildman–Crippen MR) is 281 cm³/mol. The number of carboxylic acids is 1. The van der Waals surface area contributed by atoms with E-state index in [2.05, 4.69) is 16.0 Å². The van der Waals surface area contributed by atoms with Crippen molar-refractivity contribution in [2.75, 3.05) is 33.0 Å². The van der Waals surface area contributed by atoms with Crippen LogP contribution in [0.3, 0.4) is 0 Å². The van der Waals surface area contributed by atoms with Crippen molar-refractivity contribution in [3.63, 3.8) is 0 Å². The van der Waals surface area contributed by atoms with Gasteiger partial charge in [-0.25, -0.2) is 4.79 Å². The van der Waals surface area contributed by atoms with E-state index in [9.17, 15) is 121 Å². The Kier molecular flexibility index (Phi) is 26.1. The van der Waals surface area contributed by atoms with Crippen molar-refractivity contribution in [2.24, 2.45) is 0 Å². The molecule has 7 aliphatic heterocycles. The molecule has 0 radical (unpaired) electrons. The van der Waals surface area contributed by atoms with Crippen molar-refractivity contribution < 1.29 is 183 Å². The molecule has 23 N–H and O–H groups in total. The van der Waals surface area contributed by atoms with E-state index < -0.39 is 284 Å². The highest BCUT2D eigenvalue weighted by molar-refractivity contribution is 5.76. The highest BCUT2D eigenvalue weighted by Gasteiger charge is 2.61. The second-order valence-corrected chi connectivity index (χ2v) is 23.2. The molecule has 7 rings (SSSR count). The van der Waals surface area contributed by atoms with Gasteiger partial charge in [0.1, 0.15) is 159 Å². The third-order valence-electron chi connectivity index (χ3n) is 16.6. The highest BCUT2D eigenvalue weighted by atomic mass is 16.8. The molecule has 0 bridgehead atoms. The molecule has 40 nitrogen and oxygen atoms in total. The zero-order valence-corrected chi connectivity index (χ0v) is 49.3. The molecular weight excluding hydrogens is 1250 g/mol. The fourth-order valence-corrected chi connectivity index (χ4v) is 11.6. The maximum Gasteiger partial charge on any atom is 0.364 e. The van der Waals surface area contributed by atoms with Crippen molar-refractivity contribution in [2.45, 2.75) is 261 Å². The third-order valence-corrected chi connectivity index (χ3v) is 16.6. The van der Waals surface area contributed by atoms with E-state index in [0.29, 0.717) is 0 Å². The minimum Gasteiger partial charge on any atom is -0.477 e. The van der Waals surface area contributed by atoms with E-state index in [1.54, 1.807) is 0 Å². The second kappa shape index (κ2) is 31.6. The van der Waals surface area contributed by atoms with Gasteiger partial charge in [-0.05, 0) is 13.8 Å². The average molecular weight is 1330 g/mol. The summed E-state index contributed by atoms with van der Waals surface area (Å²) in [6, 6.07) is -5.71. The summed E-state index contributed by atoms with van der Waals surface area (Å²) >= 11 is 0. The summed E-state index contributed by atoms with van der Waals surface area (Å²) in [5.74, 6) is -7.88. The van der Waals surface area contributed by atoms with Gasteiger partial charge in [0.2, 0.25) is 17.7 Å². The number of ether oxygens (including phenoxy) is 13. The first-order valence-electron chi connectivity index (χ1n) is 29.0. The van der Waals surface area contributed by atoms with Crippen molar-refractivity contribution >= 4 is 23.7 Å². The lowest BCUT2D eigenvalue weighted by Gasteiger charge is -2.53. The van der Waals surface area contributed by atoms with Crippen LogP contribution in [0.25, 0.3) is 0 Å². The molecule has 0 saturated carbocycles. The van der Waals surface area contributed by atoms with Gasteiger partial charge in [0.05, 0.1) is 51.3 Å². The molecule has 0 aromatic carbocycles. The lowest BCUT2D eigenvalue weighted by Crippen LogP contribution is -2.72. The summed E-state index contributed by atoms with van der Waals surface area (Å²) < 4.78 is 77.9. The number of aliphatic hydroxyl groups excluding tert-OH is 19. The molecule has 36 atom stereocenters. The Morgan fingerprint density at radius 1 is 0.462 bits per heavy atom. The first-order chi connectivity index (χ1) is 42.7. The van der Waals surface area contributed by atoms with Crippen LogP contribution in [-0.4, -0.2) is 379 Å². The molecule has 526 valence electrons. The van der Waals surface area contributed by atoms with Gasteiger partial charge >= 0.3 is 5.97 Å². The SMILES string of the molecule is CC(=O)N[C@H]1[C@H](O[C@H]2[C@@H](O)[C@@H](CO)O[C@@H](O[C@H]3[C@H](O[C@@H]4O[C@@H](C)[C@@H](O)[C@@H](O)[C@@H]4O)[C@@H](NC(C)=O)[C@H](O[C@H]4[C@@H](O)[C@@H](CO[C@]5(C(=O)O)C[C@H](O)[C@@H](O)[C@H]([C@H](O)[C@H](O)CO)O5)OC(O)[C@@H]4NC(C)=O)O[C@@H]3CO)[C@@H]2O[C@@H]2O[C@@H](C)[C@@H](O)[C@@H](O)[C@@H]2O)O[C@H](CO)[C@H](O)[C@@H]1O. The predicted octanol–water partition coefficient (Wildman–Crippen LogP) is -14.6. The lowest BCUT2D eigenvalue weighted by atomic mass is 9.90. The highest BCUT2D eigenvalue weighted by Crippen LogP contribution is 2.40. The van der Waals surface area contributed by atoms with Crippen LogP contribution in [0.2, 0.25) is 0 Å². The molecule has 1 unspecified atom stereocenters. The summed E-state index contributed by atoms with van der Waals surface area (Å²) in [7, 11) is 0. The monoisotopic (exact) mass is 1330 g/mol. The topological polar surface area (TPSA) is 629 Å². The van der Waals surface area contributed by atoms with Crippen LogP contribution in [0.5, 0.6) is 0 Å². The molecule has 7 heterocycles. The lowest BCUT2D eigenvalue weighted by molar-refractivity contribution is -0.407. The fraction of sp³-hybridized carbons (Fsp3) is 0.922. The minimum atomic E-state index is -3.07. The maximum atomic E-state index is 13.5. The molecule has 0 spiro atoms. The van der Waals surface area contributed by atoms with Crippen LogP contribution >= 0.6 is 0 Å². The molecule has 3 amide bonds. The standard InChI is InChI=1S/C51H85N3O37/c1-12-26(64)34(72)36(74)47(80-12)88-40-25(54-16(5)61)46(87-39-24(53-15(4)60)44(76)82-22(32(39)70)11-79-51(50(77)78)6-17(62)28(66)41(91-51)29(67)18(63)7-55)85-21(10-58)38(40)86-49-43(90-48-37(75)35(73)27(65)13(2)81-48)42(31(69)20(9-57)84-49)89-45-23(52-14(3)59)33(71)30(68)19(8-56)83-45/h12-13,17-49,55-58,62-76H,6-11H2,1-5H3,(H,52,59)(H,53,60)(H,54,61)(H,77,78)/t12-,13-,17-,18+,19+,20+,21+,22+,23+,24+,25+,26+,27+,28+,29+,30-,31-,32-,33+,34+,35+,36-,37-,38+,39+,40+,41+,42-,43+,44?,45-,46-,47-,48-,49-,51+/m0/s1. The fourth-order valence-electron chi connectivity index (χ4n) is 11.6. The number of amides is 3. The summed E-state index contributed by atoms with van der Waals surface area (Å²) in [6.45, 7) is -0.368. The van der Waals surface area contributed by atoms with Crippen LogP contribution in [0.4, 0.5) is 0 Å². The number of hydrogen-bond acceptors (Lipinski definition) is 36. The zero-order valence-electron chi connectivity index (χ0n) is 49.3. The molecule has 0 aliphatic carbocycles. The van der Waals surface area contributed by atoms with Crippen LogP contribution in [0, 0.1) is 0 Å². The van der Waals surface area contributed by atoms with Crippen molar-refractivity contribution in [3.8, 4) is 0 Å². The van der Waals surface area contributed by atoms with Gasteiger partial charge in [-0.15, -0.1) is 0 Å².